The average Bonchev–Trinajstić information content (AvgIpc) is 3.29. The number of aryl methyl sites for hydroxylation is 1. The first-order chi connectivity index (χ1) is 14.3. The van der Waals surface area contributed by atoms with Crippen molar-refractivity contribution in [2.24, 2.45) is 4.99 Å². The van der Waals surface area contributed by atoms with Crippen LogP contribution in [-0.2, 0) is 6.54 Å². The molecule has 1 aromatic heterocycles. The minimum atomic E-state index is 0.437. The fraction of sp³-hybridized carbons (Fsp3) is 0.545. The molecule has 2 N–H and O–H groups in total. The van der Waals surface area contributed by atoms with Gasteiger partial charge in [0.2, 0.25) is 0 Å². The summed E-state index contributed by atoms with van der Waals surface area (Å²) in [6.45, 7) is 12.2. The summed E-state index contributed by atoms with van der Waals surface area (Å²) in [6, 6.07) is 13.1. The fourth-order valence-electron chi connectivity index (χ4n) is 3.62. The molecule has 29 heavy (non-hydrogen) atoms. The van der Waals surface area contributed by atoms with Crippen LogP contribution in [0.5, 0.6) is 0 Å². The number of hydrogen-bond donors (Lipinski definition) is 2. The second-order valence-corrected chi connectivity index (χ2v) is 7.48. The summed E-state index contributed by atoms with van der Waals surface area (Å²) >= 11 is 0. The normalized spacial score (nSPS) is 16.6. The highest BCUT2D eigenvalue weighted by Crippen LogP contribution is 2.16. The van der Waals surface area contributed by atoms with Gasteiger partial charge in [-0.3, -0.25) is 14.6 Å². The van der Waals surface area contributed by atoms with Crippen LogP contribution in [0.4, 0.5) is 5.69 Å². The van der Waals surface area contributed by atoms with Gasteiger partial charge < -0.3 is 15.5 Å². The van der Waals surface area contributed by atoms with Gasteiger partial charge in [-0.15, -0.1) is 0 Å². The van der Waals surface area contributed by atoms with Crippen LogP contribution in [0, 0.1) is 0 Å². The molecule has 1 fully saturated rings. The lowest BCUT2D eigenvalue weighted by molar-refractivity contribution is 0.201. The number of aliphatic imine (C=N–C) groups is 1. The molecular weight excluding hydrogens is 362 g/mol. The first-order valence-electron chi connectivity index (χ1n) is 10.8. The monoisotopic (exact) mass is 397 g/mol. The predicted molar refractivity (Wildman–Crippen MR) is 121 cm³/mol. The lowest BCUT2D eigenvalue weighted by Gasteiger charge is -2.38. The van der Waals surface area contributed by atoms with Crippen molar-refractivity contribution in [3.8, 4) is 0 Å². The molecule has 158 valence electrons. The number of anilines is 1. The van der Waals surface area contributed by atoms with E-state index in [2.05, 4.69) is 69.7 Å². The molecule has 7 nitrogen and oxygen atoms in total. The second kappa shape index (κ2) is 11.5. The molecule has 2 heterocycles. The molecule has 3 rings (SSSR count). The summed E-state index contributed by atoms with van der Waals surface area (Å²) in [7, 11) is 0. The van der Waals surface area contributed by atoms with Gasteiger partial charge in [-0.2, -0.15) is 5.10 Å². The third-order valence-electron chi connectivity index (χ3n) is 5.33. The molecule has 0 amide bonds. The lowest BCUT2D eigenvalue weighted by Crippen LogP contribution is -2.50. The largest absolute Gasteiger partial charge is 0.369 e. The molecule has 1 aliphatic heterocycles. The van der Waals surface area contributed by atoms with Crippen molar-refractivity contribution in [2.75, 3.05) is 50.7 Å². The smallest absolute Gasteiger partial charge is 0.191 e. The molecular formula is C22H35N7. The SMILES string of the molecule is CCNC(=NCC(C)N1CCN(c2ccccc2)CC1)NCCCn1cccn1. The topological polar surface area (TPSA) is 60.7 Å². The molecule has 0 spiro atoms. The number of hydrogen-bond acceptors (Lipinski definition) is 4. The number of nitrogens with zero attached hydrogens (tertiary/aromatic N) is 5. The van der Waals surface area contributed by atoms with E-state index in [1.54, 1.807) is 0 Å². The third-order valence-corrected chi connectivity index (χ3v) is 5.33. The Morgan fingerprint density at radius 2 is 1.90 bits per heavy atom. The van der Waals surface area contributed by atoms with E-state index in [9.17, 15) is 0 Å². The molecule has 1 saturated heterocycles. The lowest BCUT2D eigenvalue weighted by atomic mass is 10.2. The number of para-hydroxylation sites is 1. The zero-order chi connectivity index (χ0) is 20.3. The van der Waals surface area contributed by atoms with Gasteiger partial charge in [0.1, 0.15) is 0 Å². The van der Waals surface area contributed by atoms with Crippen molar-refractivity contribution in [2.45, 2.75) is 32.9 Å². The number of guanidine groups is 1. The van der Waals surface area contributed by atoms with Crippen molar-refractivity contribution in [3.05, 3.63) is 48.8 Å². The summed E-state index contributed by atoms with van der Waals surface area (Å²) < 4.78 is 1.96. The second-order valence-electron chi connectivity index (χ2n) is 7.48. The molecule has 0 aliphatic carbocycles. The van der Waals surface area contributed by atoms with Gasteiger partial charge >= 0.3 is 0 Å². The zero-order valence-electron chi connectivity index (χ0n) is 17.8. The maximum Gasteiger partial charge on any atom is 0.191 e. The summed E-state index contributed by atoms with van der Waals surface area (Å²) in [5, 5.41) is 11.0. The van der Waals surface area contributed by atoms with Gasteiger partial charge in [-0.05, 0) is 38.5 Å². The Kier molecular flexibility index (Phi) is 8.37. The molecule has 1 atom stereocenters. The van der Waals surface area contributed by atoms with Gasteiger partial charge in [0.15, 0.2) is 5.96 Å². The number of aromatic nitrogens is 2. The number of piperazine rings is 1. The summed E-state index contributed by atoms with van der Waals surface area (Å²) in [5.74, 6) is 0.905. The van der Waals surface area contributed by atoms with Crippen molar-refractivity contribution in [1.82, 2.24) is 25.3 Å². The van der Waals surface area contributed by atoms with E-state index in [1.165, 1.54) is 5.69 Å². The summed E-state index contributed by atoms with van der Waals surface area (Å²) in [6.07, 6.45) is 4.83. The van der Waals surface area contributed by atoms with Crippen LogP contribution >= 0.6 is 0 Å². The minimum Gasteiger partial charge on any atom is -0.369 e. The maximum absolute atomic E-state index is 4.82. The molecule has 1 unspecified atom stereocenters. The van der Waals surface area contributed by atoms with Crippen molar-refractivity contribution >= 4 is 11.6 Å². The Bertz CT molecular complexity index is 706. The van der Waals surface area contributed by atoms with Gasteiger partial charge in [0.05, 0.1) is 6.54 Å². The molecule has 1 aromatic carbocycles. The van der Waals surface area contributed by atoms with E-state index in [0.717, 1.165) is 64.7 Å². The molecule has 0 bridgehead atoms. The van der Waals surface area contributed by atoms with Crippen LogP contribution in [0.15, 0.2) is 53.8 Å². The number of rotatable bonds is 9. The summed E-state index contributed by atoms with van der Waals surface area (Å²) in [5.41, 5.74) is 1.33. The standard InChI is InChI=1S/C22H35N7/c1-3-23-22(24-11-7-13-29-14-8-12-26-29)25-19-20(2)27-15-17-28(18-16-27)21-9-5-4-6-10-21/h4-6,8-10,12,14,20H,3,7,11,13,15-19H2,1-2H3,(H2,23,24,25). The van der Waals surface area contributed by atoms with Crippen LogP contribution < -0.4 is 15.5 Å². The Morgan fingerprint density at radius 1 is 1.10 bits per heavy atom. The van der Waals surface area contributed by atoms with E-state index in [0.29, 0.717) is 6.04 Å². The van der Waals surface area contributed by atoms with Gasteiger partial charge in [0.25, 0.3) is 0 Å². The van der Waals surface area contributed by atoms with Gasteiger partial charge in [-0.25, -0.2) is 0 Å². The Hall–Kier alpha value is -2.54. The predicted octanol–water partition coefficient (Wildman–Crippen LogP) is 2.04. The Labute approximate surface area is 174 Å². The van der Waals surface area contributed by atoms with Crippen molar-refractivity contribution < 1.29 is 0 Å². The van der Waals surface area contributed by atoms with Crippen LogP contribution in [-0.4, -0.2) is 72.5 Å². The first-order valence-corrected chi connectivity index (χ1v) is 10.8. The van der Waals surface area contributed by atoms with E-state index in [-0.39, 0.29) is 0 Å². The van der Waals surface area contributed by atoms with Crippen molar-refractivity contribution in [3.63, 3.8) is 0 Å². The van der Waals surface area contributed by atoms with Gasteiger partial charge in [0, 0.05) is 69.9 Å². The highest BCUT2D eigenvalue weighted by atomic mass is 15.3. The molecule has 0 saturated carbocycles. The molecule has 0 radical (unpaired) electrons. The van der Waals surface area contributed by atoms with E-state index in [1.807, 2.05) is 23.1 Å². The number of nitrogens with one attached hydrogen (secondary N) is 2. The van der Waals surface area contributed by atoms with Crippen LogP contribution in [0.3, 0.4) is 0 Å². The highest BCUT2D eigenvalue weighted by molar-refractivity contribution is 5.79. The molecule has 7 heteroatoms. The van der Waals surface area contributed by atoms with Crippen LogP contribution in [0.25, 0.3) is 0 Å². The van der Waals surface area contributed by atoms with Gasteiger partial charge in [-0.1, -0.05) is 18.2 Å². The van der Waals surface area contributed by atoms with E-state index >= 15 is 0 Å². The van der Waals surface area contributed by atoms with Crippen molar-refractivity contribution in [1.29, 1.82) is 0 Å². The molecule has 1 aliphatic rings. The van der Waals surface area contributed by atoms with E-state index in [4.69, 9.17) is 4.99 Å². The van der Waals surface area contributed by atoms with Crippen LogP contribution in [0.1, 0.15) is 20.3 Å². The first kappa shape index (κ1) is 21.2. The maximum atomic E-state index is 4.82. The average molecular weight is 398 g/mol. The molecule has 2 aromatic rings. The fourth-order valence-corrected chi connectivity index (χ4v) is 3.62. The third kappa shape index (κ3) is 6.78. The summed E-state index contributed by atoms with van der Waals surface area (Å²) in [4.78, 5) is 9.83. The Morgan fingerprint density at radius 3 is 2.59 bits per heavy atom. The van der Waals surface area contributed by atoms with E-state index < -0.39 is 0 Å². The quantitative estimate of drug-likeness (QED) is 0.385. The minimum absolute atomic E-state index is 0.437. The highest BCUT2D eigenvalue weighted by Gasteiger charge is 2.21. The zero-order valence-corrected chi connectivity index (χ0v) is 17.8. The Balaban J connectivity index is 1.40. The number of benzene rings is 1. The van der Waals surface area contributed by atoms with Crippen LogP contribution in [0.2, 0.25) is 0 Å².